The van der Waals surface area contributed by atoms with Gasteiger partial charge in [0.2, 0.25) is 10.0 Å². The summed E-state index contributed by atoms with van der Waals surface area (Å²) in [6, 6.07) is 12.4. The van der Waals surface area contributed by atoms with Crippen molar-refractivity contribution in [1.82, 2.24) is 4.72 Å². The van der Waals surface area contributed by atoms with Gasteiger partial charge in [0, 0.05) is 24.4 Å². The zero-order valence-corrected chi connectivity index (χ0v) is 16.4. The fourth-order valence-electron chi connectivity index (χ4n) is 2.41. The average molecular weight is 392 g/mol. The number of methoxy groups -OCH3 is 1. The third kappa shape index (κ3) is 6.06. The highest BCUT2D eigenvalue weighted by molar-refractivity contribution is 7.89. The van der Waals surface area contributed by atoms with Gasteiger partial charge in [0.25, 0.3) is 5.91 Å². The molecule has 146 valence electrons. The standard InChI is InChI=1S/C19H24N2O5S/c1-4-26-17-9-7-16(8-10-17)20-19(22)15-5-11-18(12-6-15)27(23,24)21-14(2)13-25-3/h5-12,14,21H,4,13H2,1-3H3,(H,20,22)/t14-/m1/s1. The molecule has 7 nitrogen and oxygen atoms in total. The van der Waals surface area contributed by atoms with Gasteiger partial charge in [0.05, 0.1) is 18.1 Å². The summed E-state index contributed by atoms with van der Waals surface area (Å²) in [7, 11) is -2.17. The van der Waals surface area contributed by atoms with Gasteiger partial charge in [-0.1, -0.05) is 0 Å². The molecule has 0 spiro atoms. The first-order chi connectivity index (χ1) is 12.9. The van der Waals surface area contributed by atoms with Gasteiger partial charge in [-0.25, -0.2) is 13.1 Å². The predicted octanol–water partition coefficient (Wildman–Crippen LogP) is 2.65. The minimum absolute atomic E-state index is 0.0862. The topological polar surface area (TPSA) is 93.7 Å². The van der Waals surface area contributed by atoms with Crippen molar-refractivity contribution in [2.75, 3.05) is 25.6 Å². The number of hydrogen-bond donors (Lipinski definition) is 2. The molecule has 2 aromatic rings. The highest BCUT2D eigenvalue weighted by Crippen LogP contribution is 2.17. The summed E-state index contributed by atoms with van der Waals surface area (Å²) in [5.41, 5.74) is 0.975. The first-order valence-electron chi connectivity index (χ1n) is 8.51. The van der Waals surface area contributed by atoms with E-state index in [0.29, 0.717) is 17.9 Å². The summed E-state index contributed by atoms with van der Waals surface area (Å²) in [5.74, 6) is 0.393. The molecule has 0 saturated carbocycles. The van der Waals surface area contributed by atoms with E-state index in [1.165, 1.54) is 31.4 Å². The van der Waals surface area contributed by atoms with Crippen molar-refractivity contribution in [3.63, 3.8) is 0 Å². The van der Waals surface area contributed by atoms with E-state index in [2.05, 4.69) is 10.0 Å². The highest BCUT2D eigenvalue weighted by atomic mass is 32.2. The Kier molecular flexibility index (Phi) is 7.35. The van der Waals surface area contributed by atoms with E-state index in [4.69, 9.17) is 9.47 Å². The third-order valence-electron chi connectivity index (χ3n) is 3.62. The van der Waals surface area contributed by atoms with Crippen LogP contribution in [0.25, 0.3) is 0 Å². The zero-order valence-electron chi connectivity index (χ0n) is 15.6. The molecular formula is C19H24N2O5S. The maximum atomic E-state index is 12.3. The molecule has 8 heteroatoms. The molecule has 0 aliphatic rings. The van der Waals surface area contributed by atoms with Gasteiger partial charge >= 0.3 is 0 Å². The van der Waals surface area contributed by atoms with Crippen molar-refractivity contribution >= 4 is 21.6 Å². The van der Waals surface area contributed by atoms with Crippen LogP contribution < -0.4 is 14.8 Å². The van der Waals surface area contributed by atoms with Crippen LogP contribution in [0.2, 0.25) is 0 Å². The monoisotopic (exact) mass is 392 g/mol. The summed E-state index contributed by atoms with van der Waals surface area (Å²) in [4.78, 5) is 12.4. The summed E-state index contributed by atoms with van der Waals surface area (Å²) in [6.45, 7) is 4.44. The number of amides is 1. The number of hydrogen-bond acceptors (Lipinski definition) is 5. The van der Waals surface area contributed by atoms with Crippen LogP contribution in [-0.4, -0.2) is 40.7 Å². The number of sulfonamides is 1. The van der Waals surface area contributed by atoms with E-state index < -0.39 is 10.0 Å². The van der Waals surface area contributed by atoms with Crippen LogP contribution in [-0.2, 0) is 14.8 Å². The van der Waals surface area contributed by atoms with Crippen LogP contribution in [0.3, 0.4) is 0 Å². The fourth-order valence-corrected chi connectivity index (χ4v) is 3.64. The van der Waals surface area contributed by atoms with Gasteiger partial charge in [0.1, 0.15) is 5.75 Å². The smallest absolute Gasteiger partial charge is 0.255 e. The van der Waals surface area contributed by atoms with E-state index in [0.717, 1.165) is 5.75 Å². The lowest BCUT2D eigenvalue weighted by atomic mass is 10.2. The highest BCUT2D eigenvalue weighted by Gasteiger charge is 2.18. The lowest BCUT2D eigenvalue weighted by Gasteiger charge is -2.13. The Balaban J connectivity index is 2.04. The minimum Gasteiger partial charge on any atom is -0.494 e. The lowest BCUT2D eigenvalue weighted by molar-refractivity contribution is 0.102. The molecular weight excluding hydrogens is 368 g/mol. The Morgan fingerprint density at radius 1 is 1.07 bits per heavy atom. The van der Waals surface area contributed by atoms with Crippen molar-refractivity contribution in [3.05, 3.63) is 54.1 Å². The van der Waals surface area contributed by atoms with Crippen molar-refractivity contribution in [3.8, 4) is 5.75 Å². The summed E-state index contributed by atoms with van der Waals surface area (Å²) in [5, 5.41) is 2.76. The van der Waals surface area contributed by atoms with E-state index in [1.54, 1.807) is 31.2 Å². The number of rotatable bonds is 9. The van der Waals surface area contributed by atoms with Crippen molar-refractivity contribution in [1.29, 1.82) is 0 Å². The Bertz CT molecular complexity index is 849. The number of benzene rings is 2. The number of carbonyl (C=O) groups excluding carboxylic acids is 1. The molecule has 27 heavy (non-hydrogen) atoms. The molecule has 0 radical (unpaired) electrons. The van der Waals surface area contributed by atoms with E-state index in [-0.39, 0.29) is 23.5 Å². The van der Waals surface area contributed by atoms with Crippen LogP contribution >= 0.6 is 0 Å². The number of anilines is 1. The molecule has 2 N–H and O–H groups in total. The molecule has 0 fully saturated rings. The third-order valence-corrected chi connectivity index (χ3v) is 5.23. The molecule has 0 heterocycles. The van der Waals surface area contributed by atoms with Gasteiger partial charge in [-0.3, -0.25) is 4.79 Å². The summed E-state index contributed by atoms with van der Waals surface area (Å²) < 4.78 is 37.4. The van der Waals surface area contributed by atoms with Crippen LogP contribution in [0.4, 0.5) is 5.69 Å². The molecule has 0 saturated heterocycles. The number of ether oxygens (including phenoxy) is 2. The summed E-state index contributed by atoms with van der Waals surface area (Å²) >= 11 is 0. The van der Waals surface area contributed by atoms with Gasteiger partial charge in [-0.05, 0) is 62.4 Å². The Morgan fingerprint density at radius 2 is 1.70 bits per heavy atom. The molecule has 2 rings (SSSR count). The number of nitrogens with one attached hydrogen (secondary N) is 2. The molecule has 1 amide bonds. The minimum atomic E-state index is -3.67. The second kappa shape index (κ2) is 9.50. The second-order valence-corrected chi connectivity index (χ2v) is 7.63. The molecule has 0 bridgehead atoms. The first-order valence-corrected chi connectivity index (χ1v) is 9.99. The molecule has 0 aliphatic carbocycles. The van der Waals surface area contributed by atoms with E-state index in [1.807, 2.05) is 6.92 Å². The fraction of sp³-hybridized carbons (Fsp3) is 0.316. The maximum absolute atomic E-state index is 12.3. The average Bonchev–Trinajstić information content (AvgIpc) is 2.63. The second-order valence-electron chi connectivity index (χ2n) is 5.91. The normalized spacial score (nSPS) is 12.4. The van der Waals surface area contributed by atoms with Gasteiger partial charge in [-0.15, -0.1) is 0 Å². The molecule has 0 aromatic heterocycles. The number of carbonyl (C=O) groups is 1. The first kappa shape index (κ1) is 20.9. The predicted molar refractivity (Wildman–Crippen MR) is 104 cm³/mol. The van der Waals surface area contributed by atoms with Crippen LogP contribution in [0.5, 0.6) is 5.75 Å². The quantitative estimate of drug-likeness (QED) is 0.684. The lowest BCUT2D eigenvalue weighted by Crippen LogP contribution is -2.35. The molecule has 0 unspecified atom stereocenters. The van der Waals surface area contributed by atoms with Gasteiger partial charge < -0.3 is 14.8 Å². The van der Waals surface area contributed by atoms with Crippen molar-refractivity contribution in [2.24, 2.45) is 0 Å². The summed E-state index contributed by atoms with van der Waals surface area (Å²) in [6.07, 6.45) is 0. The van der Waals surface area contributed by atoms with Crippen molar-refractivity contribution < 1.29 is 22.7 Å². The Labute approximate surface area is 159 Å². The van der Waals surface area contributed by atoms with Gasteiger partial charge in [-0.2, -0.15) is 0 Å². The molecule has 2 aromatic carbocycles. The molecule has 1 atom stereocenters. The van der Waals surface area contributed by atoms with Gasteiger partial charge in [0.15, 0.2) is 0 Å². The molecule has 0 aliphatic heterocycles. The van der Waals surface area contributed by atoms with Crippen LogP contribution in [0, 0.1) is 0 Å². The largest absolute Gasteiger partial charge is 0.494 e. The Hall–Kier alpha value is -2.42. The van der Waals surface area contributed by atoms with Crippen LogP contribution in [0.1, 0.15) is 24.2 Å². The maximum Gasteiger partial charge on any atom is 0.255 e. The van der Waals surface area contributed by atoms with E-state index in [9.17, 15) is 13.2 Å². The zero-order chi connectivity index (χ0) is 19.9. The Morgan fingerprint density at radius 3 is 2.26 bits per heavy atom. The van der Waals surface area contributed by atoms with Crippen LogP contribution in [0.15, 0.2) is 53.4 Å². The SMILES string of the molecule is CCOc1ccc(NC(=O)c2ccc(S(=O)(=O)N[C@H](C)COC)cc2)cc1. The van der Waals surface area contributed by atoms with Crippen molar-refractivity contribution in [2.45, 2.75) is 24.8 Å². The van der Waals surface area contributed by atoms with E-state index >= 15 is 0 Å².